The number of piperazine rings is 1. The van der Waals surface area contributed by atoms with E-state index in [0.717, 1.165) is 83.9 Å². The molecular formula is C32H32F3N5O3. The average molecular weight is 592 g/mol. The van der Waals surface area contributed by atoms with Crippen LogP contribution >= 0.6 is 0 Å². The molecule has 11 heteroatoms. The van der Waals surface area contributed by atoms with Gasteiger partial charge in [-0.25, -0.2) is 0 Å². The summed E-state index contributed by atoms with van der Waals surface area (Å²) in [5.41, 5.74) is 6.94. The normalized spacial score (nSPS) is 21.3. The van der Waals surface area contributed by atoms with Gasteiger partial charge in [0.15, 0.2) is 0 Å². The summed E-state index contributed by atoms with van der Waals surface area (Å²) in [7, 11) is 1.66. The van der Waals surface area contributed by atoms with Gasteiger partial charge in [-0.2, -0.15) is 18.3 Å². The van der Waals surface area contributed by atoms with Crippen LogP contribution in [0.4, 0.5) is 24.5 Å². The number of aldehydes is 1. The number of benzene rings is 3. The number of ether oxygens (including phenoxy) is 1. The van der Waals surface area contributed by atoms with Crippen molar-refractivity contribution in [1.82, 2.24) is 15.1 Å². The van der Waals surface area contributed by atoms with Crippen LogP contribution in [0.1, 0.15) is 30.4 Å². The Morgan fingerprint density at radius 2 is 1.77 bits per heavy atom. The Hall–Kier alpha value is -4.38. The first-order valence-electron chi connectivity index (χ1n) is 14.3. The van der Waals surface area contributed by atoms with Crippen molar-refractivity contribution >= 4 is 34.5 Å². The molecule has 8 nitrogen and oxygen atoms in total. The molecule has 2 fully saturated rings. The van der Waals surface area contributed by atoms with E-state index in [1.165, 1.54) is 5.69 Å². The van der Waals surface area contributed by atoms with E-state index < -0.39 is 17.9 Å². The largest absolute Gasteiger partial charge is 0.497 e. The molecule has 1 amide bonds. The van der Waals surface area contributed by atoms with Gasteiger partial charge in [0.1, 0.15) is 5.75 Å². The first-order chi connectivity index (χ1) is 20.7. The highest BCUT2D eigenvalue weighted by Gasteiger charge is 2.65. The van der Waals surface area contributed by atoms with E-state index >= 15 is 0 Å². The SMILES string of the molecule is CCN1CCN(c2ccc(-c3n[nH]c4cc([C@@H]5C[C@@]56C(=O)Nc5ccc(OC)cc56)ccc34)cc2)CC1.O=CC(F)(F)F. The zero-order chi connectivity index (χ0) is 30.4. The van der Waals surface area contributed by atoms with E-state index in [-0.39, 0.29) is 11.8 Å². The van der Waals surface area contributed by atoms with Gasteiger partial charge in [0.25, 0.3) is 0 Å². The summed E-state index contributed by atoms with van der Waals surface area (Å²) in [6.07, 6.45) is -4.90. The third-order valence-corrected chi connectivity index (χ3v) is 8.77. The summed E-state index contributed by atoms with van der Waals surface area (Å²) in [5.74, 6) is 1.01. The zero-order valence-corrected chi connectivity index (χ0v) is 23.9. The minimum atomic E-state index is -4.64. The molecule has 1 saturated carbocycles. The number of hydrogen-bond acceptors (Lipinski definition) is 6. The average Bonchev–Trinajstić information content (AvgIpc) is 3.55. The highest BCUT2D eigenvalue weighted by Crippen LogP contribution is 2.65. The van der Waals surface area contributed by atoms with Gasteiger partial charge in [0.2, 0.25) is 12.2 Å². The molecular weight excluding hydrogens is 559 g/mol. The summed E-state index contributed by atoms with van der Waals surface area (Å²) in [5, 5.41) is 12.1. The summed E-state index contributed by atoms with van der Waals surface area (Å²) in [4.78, 5) is 26.7. The standard InChI is InChI=1S/C30H31N5O2.C2HF3O/c1-3-34-12-14-35(15-13-34)21-7-4-19(5-8-21)28-23-10-6-20(16-27(23)32-33-28)25-18-30(25)24-17-22(37-2)9-11-26(24)31-29(30)36;3-2(4,5)1-6/h4-11,16-17,25H,3,12-15,18H2,1-2H3,(H,31,36)(H,32,33);1H/t25-,30-;/m0./s1. The van der Waals surface area contributed by atoms with Crippen LogP contribution in [-0.2, 0) is 15.0 Å². The van der Waals surface area contributed by atoms with Crippen molar-refractivity contribution in [2.24, 2.45) is 0 Å². The second-order valence-corrected chi connectivity index (χ2v) is 11.1. The van der Waals surface area contributed by atoms with Crippen LogP contribution in [0.15, 0.2) is 60.7 Å². The van der Waals surface area contributed by atoms with Gasteiger partial charge in [0.05, 0.1) is 23.7 Å². The van der Waals surface area contributed by atoms with Crippen LogP contribution in [-0.4, -0.2) is 73.3 Å². The van der Waals surface area contributed by atoms with E-state index in [9.17, 15) is 18.0 Å². The lowest BCUT2D eigenvalue weighted by Crippen LogP contribution is -2.46. The van der Waals surface area contributed by atoms with Gasteiger partial charge in [-0.1, -0.05) is 31.2 Å². The summed E-state index contributed by atoms with van der Waals surface area (Å²) in [6.45, 7) is 7.73. The molecule has 2 N–H and O–H groups in total. The molecule has 3 aromatic carbocycles. The Balaban J connectivity index is 0.000000501. The number of nitrogens with one attached hydrogen (secondary N) is 2. The number of aromatic nitrogens is 2. The summed E-state index contributed by atoms with van der Waals surface area (Å²) >= 11 is 0. The second-order valence-electron chi connectivity index (χ2n) is 11.1. The van der Waals surface area contributed by atoms with Crippen molar-refractivity contribution in [3.8, 4) is 17.0 Å². The molecule has 4 aromatic rings. The molecule has 0 radical (unpaired) electrons. The topological polar surface area (TPSA) is 90.6 Å². The molecule has 1 saturated heterocycles. The molecule has 43 heavy (non-hydrogen) atoms. The number of carbonyl (C=O) groups excluding carboxylic acids is 2. The number of aromatic amines is 1. The maximum absolute atomic E-state index is 13.0. The van der Waals surface area contributed by atoms with Crippen LogP contribution in [0.3, 0.4) is 0 Å². The van der Waals surface area contributed by atoms with Crippen molar-refractivity contribution in [1.29, 1.82) is 0 Å². The fourth-order valence-electron chi connectivity index (χ4n) is 6.33. The minimum absolute atomic E-state index is 0.0855. The monoisotopic (exact) mass is 591 g/mol. The van der Waals surface area contributed by atoms with Gasteiger partial charge < -0.3 is 19.9 Å². The van der Waals surface area contributed by atoms with Crippen LogP contribution in [0.5, 0.6) is 5.75 Å². The smallest absolute Gasteiger partial charge is 0.446 e. The van der Waals surface area contributed by atoms with Crippen LogP contribution in [0.25, 0.3) is 22.2 Å². The first-order valence-corrected chi connectivity index (χ1v) is 14.3. The molecule has 0 unspecified atom stereocenters. The van der Waals surface area contributed by atoms with Gasteiger partial charge in [-0.05, 0) is 60.5 Å². The third kappa shape index (κ3) is 5.33. The maximum atomic E-state index is 13.0. The van der Waals surface area contributed by atoms with E-state index in [4.69, 9.17) is 9.53 Å². The molecule has 1 aromatic heterocycles. The van der Waals surface area contributed by atoms with E-state index in [1.807, 2.05) is 18.2 Å². The molecule has 0 bridgehead atoms. The number of rotatable bonds is 5. The third-order valence-electron chi connectivity index (χ3n) is 8.77. The Morgan fingerprint density at radius 1 is 1.05 bits per heavy atom. The quantitative estimate of drug-likeness (QED) is 0.298. The van der Waals surface area contributed by atoms with Crippen molar-refractivity contribution in [2.75, 3.05) is 50.1 Å². The van der Waals surface area contributed by atoms with Gasteiger partial charge in [0, 0.05) is 54.4 Å². The predicted molar refractivity (Wildman–Crippen MR) is 159 cm³/mol. The fraction of sp³-hybridized carbons (Fsp3) is 0.344. The number of halogens is 3. The lowest BCUT2D eigenvalue weighted by atomic mass is 9.91. The Morgan fingerprint density at radius 3 is 2.42 bits per heavy atom. The molecule has 224 valence electrons. The first kappa shape index (κ1) is 28.7. The fourth-order valence-corrected chi connectivity index (χ4v) is 6.33. The molecule has 1 spiro atoms. The number of nitrogens with zero attached hydrogens (tertiary/aromatic N) is 3. The zero-order valence-electron chi connectivity index (χ0n) is 23.9. The lowest BCUT2D eigenvalue weighted by Gasteiger charge is -2.35. The van der Waals surface area contributed by atoms with Crippen LogP contribution in [0, 0.1) is 0 Å². The second kappa shape index (κ2) is 11.0. The van der Waals surface area contributed by atoms with Gasteiger partial charge in [-0.15, -0.1) is 0 Å². The van der Waals surface area contributed by atoms with Crippen molar-refractivity contribution in [3.63, 3.8) is 0 Å². The molecule has 3 heterocycles. The number of amides is 1. The van der Waals surface area contributed by atoms with E-state index in [0.29, 0.717) is 0 Å². The highest BCUT2D eigenvalue weighted by molar-refractivity contribution is 6.10. The number of anilines is 2. The lowest BCUT2D eigenvalue weighted by molar-refractivity contribution is -0.156. The molecule has 7 rings (SSSR count). The minimum Gasteiger partial charge on any atom is -0.497 e. The highest BCUT2D eigenvalue weighted by atomic mass is 19.4. The predicted octanol–water partition coefficient (Wildman–Crippen LogP) is 5.51. The van der Waals surface area contributed by atoms with Crippen molar-refractivity contribution in [3.05, 3.63) is 71.8 Å². The van der Waals surface area contributed by atoms with Crippen molar-refractivity contribution in [2.45, 2.75) is 30.9 Å². The Kier molecular flexibility index (Phi) is 7.37. The number of alkyl halides is 3. The number of carbonyl (C=O) groups is 2. The number of hydrogen-bond donors (Lipinski definition) is 2. The van der Waals surface area contributed by atoms with Crippen molar-refractivity contribution < 1.29 is 27.5 Å². The number of fused-ring (bicyclic) bond motifs is 3. The summed E-state index contributed by atoms with van der Waals surface area (Å²) in [6, 6.07) is 21.1. The Labute approximate surface area is 246 Å². The molecule has 2 atom stereocenters. The molecule has 2 aliphatic heterocycles. The van der Waals surface area contributed by atoms with E-state index in [1.54, 1.807) is 7.11 Å². The maximum Gasteiger partial charge on any atom is 0.446 e. The number of methoxy groups -OCH3 is 1. The molecule has 1 aliphatic carbocycles. The number of H-pyrrole nitrogens is 1. The van der Waals surface area contributed by atoms with E-state index in [2.05, 4.69) is 74.7 Å². The summed E-state index contributed by atoms with van der Waals surface area (Å²) < 4.78 is 36.7. The van der Waals surface area contributed by atoms with Gasteiger partial charge in [-0.3, -0.25) is 14.7 Å². The van der Waals surface area contributed by atoms with Gasteiger partial charge >= 0.3 is 6.18 Å². The number of likely N-dealkylation sites (N-methyl/N-ethyl adjacent to an activating group) is 1. The van der Waals surface area contributed by atoms with Crippen LogP contribution in [0.2, 0.25) is 0 Å². The molecule has 3 aliphatic rings. The Bertz CT molecular complexity index is 1660. The van der Waals surface area contributed by atoms with Crippen LogP contribution < -0.4 is 15.0 Å².